The van der Waals surface area contributed by atoms with Crippen LogP contribution < -0.4 is 5.32 Å². The lowest BCUT2D eigenvalue weighted by atomic mass is 9.97. The number of unbranched alkanes of at least 4 members (excludes halogenated alkanes) is 1. The zero-order valence-corrected chi connectivity index (χ0v) is 31.9. The summed E-state index contributed by atoms with van der Waals surface area (Å²) in [6.07, 6.45) is 7.25. The molecule has 8 heteroatoms. The minimum Gasteiger partial charge on any atom is -0.374 e. The second kappa shape index (κ2) is 22.2. The minimum atomic E-state index is -0.866. The van der Waals surface area contributed by atoms with E-state index in [1.54, 1.807) is 0 Å². The van der Waals surface area contributed by atoms with Gasteiger partial charge in [-0.15, -0.1) is 0 Å². The van der Waals surface area contributed by atoms with Crippen LogP contribution in [0.5, 0.6) is 0 Å². The minimum absolute atomic E-state index is 0.0528. The van der Waals surface area contributed by atoms with Crippen molar-refractivity contribution in [2.75, 3.05) is 19.8 Å². The van der Waals surface area contributed by atoms with E-state index in [1.165, 1.54) is 5.57 Å². The fourth-order valence-corrected chi connectivity index (χ4v) is 6.74. The Morgan fingerprint density at radius 2 is 1.20 bits per heavy atom. The van der Waals surface area contributed by atoms with E-state index < -0.39 is 36.6 Å². The van der Waals surface area contributed by atoms with E-state index >= 15 is 0 Å². The van der Waals surface area contributed by atoms with Crippen LogP contribution in [0.2, 0.25) is 0 Å². The first-order chi connectivity index (χ1) is 27.1. The summed E-state index contributed by atoms with van der Waals surface area (Å²) >= 11 is 0. The van der Waals surface area contributed by atoms with E-state index in [0.717, 1.165) is 47.9 Å². The van der Waals surface area contributed by atoms with Crippen molar-refractivity contribution in [3.8, 4) is 0 Å². The highest BCUT2D eigenvalue weighted by Gasteiger charge is 2.49. The number of ether oxygens (including phenoxy) is 6. The summed E-state index contributed by atoms with van der Waals surface area (Å²) in [4.78, 5) is 13.2. The van der Waals surface area contributed by atoms with Crippen LogP contribution in [0.3, 0.4) is 0 Å². The standard InChI is InChI=1S/C47H55NO7/c1-36(46(49)48-29-17-16-20-37-18-14-15-19-37)30-54-47-45(53-34-41-27-12-5-13-28-41)44(52-33-40-25-10-4-11-26-40)43(51-32-39-23-8-3-9-24-39)42(55-47)35-50-31-38-21-6-2-7-22-38/h2-15,18,21-28,36,42-45,47H,16-17,19-20,29-35H2,1H3,(H,48,49)/t36-,42-,43-,44+,45+,47?/m1/s1. The molecular formula is C47H55NO7. The third kappa shape index (κ3) is 13.1. The van der Waals surface area contributed by atoms with Crippen LogP contribution in [-0.4, -0.2) is 56.4 Å². The predicted octanol–water partition coefficient (Wildman–Crippen LogP) is 8.51. The monoisotopic (exact) mass is 745 g/mol. The lowest BCUT2D eigenvalue weighted by molar-refractivity contribution is -0.329. The van der Waals surface area contributed by atoms with Gasteiger partial charge >= 0.3 is 0 Å². The normalized spacial score (nSPS) is 21.3. The van der Waals surface area contributed by atoms with Crippen molar-refractivity contribution in [1.82, 2.24) is 5.32 Å². The number of carbonyl (C=O) groups excluding carboxylic acids is 1. The van der Waals surface area contributed by atoms with Crippen LogP contribution in [-0.2, 0) is 59.6 Å². The van der Waals surface area contributed by atoms with Crippen LogP contribution in [0.1, 0.15) is 54.9 Å². The van der Waals surface area contributed by atoms with Gasteiger partial charge in [0, 0.05) is 6.54 Å². The van der Waals surface area contributed by atoms with Crippen molar-refractivity contribution in [2.45, 2.75) is 89.7 Å². The van der Waals surface area contributed by atoms with Gasteiger partial charge < -0.3 is 33.7 Å². The van der Waals surface area contributed by atoms with Gasteiger partial charge in [-0.2, -0.15) is 0 Å². The quantitative estimate of drug-likeness (QED) is 0.0808. The number of hydrogen-bond acceptors (Lipinski definition) is 7. The average molecular weight is 746 g/mol. The smallest absolute Gasteiger partial charge is 0.225 e. The number of amides is 1. The molecule has 55 heavy (non-hydrogen) atoms. The van der Waals surface area contributed by atoms with Gasteiger partial charge in [0.2, 0.25) is 5.91 Å². The molecule has 4 aromatic carbocycles. The van der Waals surface area contributed by atoms with Crippen LogP contribution in [0.25, 0.3) is 0 Å². The van der Waals surface area contributed by atoms with E-state index in [2.05, 4.69) is 23.5 Å². The fourth-order valence-electron chi connectivity index (χ4n) is 6.74. The van der Waals surface area contributed by atoms with Crippen molar-refractivity contribution in [1.29, 1.82) is 0 Å². The molecule has 4 aromatic rings. The molecule has 1 aliphatic heterocycles. The second-order valence-electron chi connectivity index (χ2n) is 14.3. The Morgan fingerprint density at radius 3 is 1.75 bits per heavy atom. The number of nitrogens with one attached hydrogen (secondary N) is 1. The summed E-state index contributed by atoms with van der Waals surface area (Å²) < 4.78 is 39.9. The van der Waals surface area contributed by atoms with Crippen molar-refractivity contribution < 1.29 is 33.2 Å². The summed E-state index contributed by atoms with van der Waals surface area (Å²) in [5, 5.41) is 3.10. The van der Waals surface area contributed by atoms with Gasteiger partial charge in [-0.05, 0) is 47.9 Å². The molecule has 1 aliphatic carbocycles. The maximum atomic E-state index is 13.2. The van der Waals surface area contributed by atoms with Gasteiger partial charge in [0.1, 0.15) is 24.4 Å². The molecule has 1 amide bonds. The lowest BCUT2D eigenvalue weighted by Gasteiger charge is -2.46. The Hall–Kier alpha value is -4.41. The zero-order valence-electron chi connectivity index (χ0n) is 31.9. The molecule has 1 saturated heterocycles. The molecule has 1 unspecified atom stereocenters. The van der Waals surface area contributed by atoms with Crippen molar-refractivity contribution in [3.63, 3.8) is 0 Å². The fraction of sp³-hybridized carbons (Fsp3) is 0.383. The van der Waals surface area contributed by atoms with Crippen LogP contribution in [0.4, 0.5) is 0 Å². The maximum Gasteiger partial charge on any atom is 0.225 e. The first-order valence-corrected chi connectivity index (χ1v) is 19.6. The third-order valence-corrected chi connectivity index (χ3v) is 9.87. The summed E-state index contributed by atoms with van der Waals surface area (Å²) in [6.45, 7) is 4.27. The van der Waals surface area contributed by atoms with Gasteiger partial charge in [-0.3, -0.25) is 4.79 Å². The highest BCUT2D eigenvalue weighted by Crippen LogP contribution is 2.32. The molecular weight excluding hydrogens is 691 g/mol. The first kappa shape index (κ1) is 40.3. The molecule has 1 heterocycles. The Morgan fingerprint density at radius 1 is 0.673 bits per heavy atom. The largest absolute Gasteiger partial charge is 0.374 e. The molecule has 0 aromatic heterocycles. The molecule has 0 spiro atoms. The molecule has 2 aliphatic rings. The molecule has 290 valence electrons. The number of carbonyl (C=O) groups is 1. The number of benzene rings is 4. The predicted molar refractivity (Wildman–Crippen MR) is 214 cm³/mol. The topological polar surface area (TPSA) is 84.5 Å². The highest BCUT2D eigenvalue weighted by atomic mass is 16.7. The summed E-state index contributed by atoms with van der Waals surface area (Å²) in [7, 11) is 0. The Kier molecular flexibility index (Phi) is 16.3. The second-order valence-corrected chi connectivity index (χ2v) is 14.3. The average Bonchev–Trinajstić information content (AvgIpc) is 3.76. The summed E-state index contributed by atoms with van der Waals surface area (Å²) in [5.74, 6) is -0.466. The Labute approximate surface area is 326 Å². The summed E-state index contributed by atoms with van der Waals surface area (Å²) in [6, 6.07) is 40.2. The third-order valence-electron chi connectivity index (χ3n) is 9.87. The highest BCUT2D eigenvalue weighted by molar-refractivity contribution is 5.78. The number of rotatable bonds is 22. The van der Waals surface area contributed by atoms with Crippen molar-refractivity contribution >= 4 is 5.91 Å². The lowest BCUT2D eigenvalue weighted by Crippen LogP contribution is -2.62. The maximum absolute atomic E-state index is 13.2. The van der Waals surface area contributed by atoms with Crippen LogP contribution in [0, 0.1) is 5.92 Å². The van der Waals surface area contributed by atoms with E-state index in [1.807, 2.05) is 128 Å². The van der Waals surface area contributed by atoms with Gasteiger partial charge in [-0.25, -0.2) is 0 Å². The van der Waals surface area contributed by atoms with Crippen LogP contribution >= 0.6 is 0 Å². The SMILES string of the molecule is C[C@H](COC1O[C@H](COCc2ccccc2)[C@@H](OCc2ccccc2)[C@H](OCc2ccccc2)[C@@H]1OCc1ccccc1)C(=O)NCCCCC1=CC=CC1. The van der Waals surface area contributed by atoms with E-state index in [4.69, 9.17) is 28.4 Å². The Bertz CT molecular complexity index is 1730. The van der Waals surface area contributed by atoms with Gasteiger partial charge in [0.05, 0.1) is 45.6 Å². The first-order valence-electron chi connectivity index (χ1n) is 19.6. The number of allylic oxidation sites excluding steroid dienone is 4. The van der Waals surface area contributed by atoms with E-state index in [0.29, 0.717) is 33.0 Å². The van der Waals surface area contributed by atoms with Gasteiger partial charge in [0.15, 0.2) is 6.29 Å². The molecule has 6 atom stereocenters. The van der Waals surface area contributed by atoms with Gasteiger partial charge in [0.25, 0.3) is 0 Å². The molecule has 0 saturated carbocycles. The molecule has 1 fully saturated rings. The summed E-state index contributed by atoms with van der Waals surface area (Å²) in [5.41, 5.74) is 5.56. The molecule has 6 rings (SSSR count). The molecule has 0 radical (unpaired) electrons. The molecule has 1 N–H and O–H groups in total. The Balaban J connectivity index is 1.19. The van der Waals surface area contributed by atoms with E-state index in [-0.39, 0.29) is 19.1 Å². The van der Waals surface area contributed by atoms with Crippen LogP contribution in [0.15, 0.2) is 145 Å². The van der Waals surface area contributed by atoms with Gasteiger partial charge in [-0.1, -0.05) is 152 Å². The molecule has 8 nitrogen and oxygen atoms in total. The van der Waals surface area contributed by atoms with Crippen molar-refractivity contribution in [3.05, 3.63) is 167 Å². The molecule has 0 bridgehead atoms. The number of hydrogen-bond donors (Lipinski definition) is 1. The van der Waals surface area contributed by atoms with E-state index in [9.17, 15) is 4.79 Å². The van der Waals surface area contributed by atoms with Crippen molar-refractivity contribution in [2.24, 2.45) is 5.92 Å². The zero-order chi connectivity index (χ0) is 37.9.